The van der Waals surface area contributed by atoms with E-state index in [0.717, 1.165) is 41.1 Å². The predicted octanol–water partition coefficient (Wildman–Crippen LogP) is 1.08. The normalized spacial score (nSPS) is 14.4. The number of para-hydroxylation sites is 1. The van der Waals surface area contributed by atoms with Crippen molar-refractivity contribution in [2.45, 2.75) is 26.4 Å². The molecule has 0 fully saturated rings. The maximum absolute atomic E-state index is 13.3. The van der Waals surface area contributed by atoms with Crippen molar-refractivity contribution >= 4 is 27.5 Å². The first-order valence-corrected chi connectivity index (χ1v) is 9.69. The van der Waals surface area contributed by atoms with Crippen molar-refractivity contribution in [1.82, 2.24) is 14.0 Å². The third-order valence-corrected chi connectivity index (χ3v) is 6.22. The lowest BCUT2D eigenvalue weighted by Crippen LogP contribution is -2.41. The molecule has 1 aromatic carbocycles. The molecule has 1 aliphatic heterocycles. The highest BCUT2D eigenvalue weighted by Gasteiger charge is 2.26. The fraction of sp³-hybridized carbons (Fsp3) is 0.316. The van der Waals surface area contributed by atoms with E-state index >= 15 is 0 Å². The zero-order valence-corrected chi connectivity index (χ0v) is 15.8. The van der Waals surface area contributed by atoms with Gasteiger partial charge in [0, 0.05) is 18.0 Å². The van der Waals surface area contributed by atoms with Gasteiger partial charge in [0.25, 0.3) is 5.56 Å². The van der Waals surface area contributed by atoms with Crippen LogP contribution in [-0.4, -0.2) is 33.0 Å². The van der Waals surface area contributed by atoms with Crippen LogP contribution in [-0.2, 0) is 24.3 Å². The van der Waals surface area contributed by atoms with E-state index in [-0.39, 0.29) is 12.1 Å². The molecule has 3 heterocycles. The van der Waals surface area contributed by atoms with Crippen LogP contribution in [0, 0.1) is 0 Å². The number of hydrogen-bond acceptors (Lipinski definition) is 5. The van der Waals surface area contributed by atoms with Gasteiger partial charge in [0.05, 0.1) is 11.1 Å². The van der Waals surface area contributed by atoms with E-state index in [1.807, 2.05) is 6.07 Å². The first-order chi connectivity index (χ1) is 13.0. The molecule has 140 valence electrons. The molecule has 0 spiro atoms. The predicted molar refractivity (Wildman–Crippen MR) is 106 cm³/mol. The number of nitrogens with zero attached hydrogens (tertiary/aromatic N) is 3. The van der Waals surface area contributed by atoms with Crippen molar-refractivity contribution in [3.05, 3.63) is 61.6 Å². The van der Waals surface area contributed by atoms with Crippen LogP contribution >= 0.6 is 11.3 Å². The summed E-state index contributed by atoms with van der Waals surface area (Å²) in [5.41, 5.74) is 6.00. The molecule has 27 heavy (non-hydrogen) atoms. The van der Waals surface area contributed by atoms with E-state index in [1.165, 1.54) is 15.9 Å². The second kappa shape index (κ2) is 6.79. The van der Waals surface area contributed by atoms with Gasteiger partial charge in [-0.05, 0) is 30.7 Å². The summed E-state index contributed by atoms with van der Waals surface area (Å²) in [7, 11) is 0. The lowest BCUT2D eigenvalue weighted by atomic mass is 10.1. The molecule has 0 bridgehead atoms. The van der Waals surface area contributed by atoms with Crippen molar-refractivity contribution in [2.24, 2.45) is 5.73 Å². The van der Waals surface area contributed by atoms with Crippen LogP contribution in [0.3, 0.4) is 0 Å². The number of nitrogens with two attached hydrogens (primary N) is 1. The van der Waals surface area contributed by atoms with E-state index in [0.29, 0.717) is 15.9 Å². The number of primary amides is 1. The Bertz CT molecular complexity index is 1140. The molecule has 0 atom stereocenters. The molecule has 8 heteroatoms. The zero-order valence-electron chi connectivity index (χ0n) is 15.0. The first-order valence-electron chi connectivity index (χ1n) is 8.87. The van der Waals surface area contributed by atoms with E-state index in [9.17, 15) is 14.4 Å². The Hall–Kier alpha value is -2.71. The second-order valence-electron chi connectivity index (χ2n) is 6.61. The van der Waals surface area contributed by atoms with Crippen molar-refractivity contribution < 1.29 is 4.79 Å². The van der Waals surface area contributed by atoms with Crippen LogP contribution in [0.4, 0.5) is 0 Å². The van der Waals surface area contributed by atoms with Crippen LogP contribution in [0.1, 0.15) is 17.4 Å². The number of carbonyl (C=O) groups excluding carboxylic acids is 1. The summed E-state index contributed by atoms with van der Waals surface area (Å²) in [5.74, 6) is -0.613. The minimum Gasteiger partial charge on any atom is -0.368 e. The summed E-state index contributed by atoms with van der Waals surface area (Å²) in [5, 5.41) is 0.537. The Labute approximate surface area is 159 Å². The molecule has 0 radical (unpaired) electrons. The van der Waals surface area contributed by atoms with Crippen LogP contribution in [0.2, 0.25) is 0 Å². The Morgan fingerprint density at radius 3 is 2.63 bits per heavy atom. The Kier molecular flexibility index (Phi) is 4.45. The fourth-order valence-corrected chi connectivity index (χ4v) is 5.00. The quantitative estimate of drug-likeness (QED) is 0.729. The number of amides is 1. The highest BCUT2D eigenvalue weighted by atomic mass is 32.1. The Morgan fingerprint density at radius 1 is 1.22 bits per heavy atom. The van der Waals surface area contributed by atoms with Crippen molar-refractivity contribution in [1.29, 1.82) is 0 Å². The number of fused-ring (bicyclic) bond motifs is 3. The minimum absolute atomic E-state index is 0.251. The average Bonchev–Trinajstić information content (AvgIpc) is 3.04. The van der Waals surface area contributed by atoms with Gasteiger partial charge < -0.3 is 5.73 Å². The van der Waals surface area contributed by atoms with Gasteiger partial charge in [0.2, 0.25) is 5.91 Å². The zero-order chi connectivity index (χ0) is 19.1. The third-order valence-electron chi connectivity index (χ3n) is 4.98. The van der Waals surface area contributed by atoms with Gasteiger partial charge in [-0.25, -0.2) is 9.36 Å². The minimum atomic E-state index is -0.613. The third kappa shape index (κ3) is 2.90. The molecule has 0 unspecified atom stereocenters. The SMILES string of the molecule is CCN1CCc2c(sc3c2c(=O)n(-c2ccccc2)c(=O)n3CC(N)=O)C1. The highest BCUT2D eigenvalue weighted by Crippen LogP contribution is 2.33. The summed E-state index contributed by atoms with van der Waals surface area (Å²) < 4.78 is 2.48. The van der Waals surface area contributed by atoms with E-state index in [1.54, 1.807) is 24.3 Å². The van der Waals surface area contributed by atoms with Crippen molar-refractivity contribution in [3.63, 3.8) is 0 Å². The van der Waals surface area contributed by atoms with E-state index < -0.39 is 11.6 Å². The lowest BCUT2D eigenvalue weighted by molar-refractivity contribution is -0.118. The van der Waals surface area contributed by atoms with Gasteiger partial charge in [-0.2, -0.15) is 0 Å². The summed E-state index contributed by atoms with van der Waals surface area (Å²) in [6.45, 7) is 4.40. The maximum atomic E-state index is 13.3. The summed E-state index contributed by atoms with van der Waals surface area (Å²) >= 11 is 1.42. The molecule has 0 aliphatic carbocycles. The summed E-state index contributed by atoms with van der Waals surface area (Å²) in [6.07, 6.45) is 0.752. The standard InChI is InChI=1S/C19H20N4O3S/c1-2-21-9-8-13-14(10-21)27-18-16(13)17(25)23(12-6-4-3-5-7-12)19(26)22(18)11-15(20)24/h3-7H,2,8-11H2,1H3,(H2,20,24). The number of thiophene rings is 1. The van der Waals surface area contributed by atoms with Crippen molar-refractivity contribution in [2.75, 3.05) is 13.1 Å². The van der Waals surface area contributed by atoms with Gasteiger partial charge in [0.1, 0.15) is 11.4 Å². The van der Waals surface area contributed by atoms with Crippen LogP contribution < -0.4 is 17.0 Å². The molecule has 4 rings (SSSR count). The molecule has 3 aromatic rings. The molecule has 0 saturated carbocycles. The first kappa shape index (κ1) is 17.7. The van der Waals surface area contributed by atoms with Crippen LogP contribution in [0.15, 0.2) is 39.9 Å². The number of aromatic nitrogens is 2. The largest absolute Gasteiger partial charge is 0.368 e. The second-order valence-corrected chi connectivity index (χ2v) is 7.70. The van der Waals surface area contributed by atoms with Gasteiger partial charge in [0.15, 0.2) is 0 Å². The molecule has 7 nitrogen and oxygen atoms in total. The molecular formula is C19H20N4O3S. The van der Waals surface area contributed by atoms with Crippen molar-refractivity contribution in [3.8, 4) is 5.69 Å². The maximum Gasteiger partial charge on any atom is 0.337 e. The smallest absolute Gasteiger partial charge is 0.337 e. The highest BCUT2D eigenvalue weighted by molar-refractivity contribution is 7.18. The van der Waals surface area contributed by atoms with Gasteiger partial charge in [-0.15, -0.1) is 11.3 Å². The number of rotatable bonds is 4. The van der Waals surface area contributed by atoms with Crippen LogP contribution in [0.5, 0.6) is 0 Å². The molecule has 1 amide bonds. The van der Waals surface area contributed by atoms with Gasteiger partial charge in [-0.3, -0.25) is 19.1 Å². The molecular weight excluding hydrogens is 364 g/mol. The Morgan fingerprint density at radius 2 is 1.96 bits per heavy atom. The molecule has 2 N–H and O–H groups in total. The number of likely N-dealkylation sites (N-methyl/N-ethyl adjacent to an activating group) is 1. The lowest BCUT2D eigenvalue weighted by Gasteiger charge is -2.24. The average molecular weight is 384 g/mol. The Balaban J connectivity index is 2.07. The summed E-state index contributed by atoms with van der Waals surface area (Å²) in [4.78, 5) is 41.9. The van der Waals surface area contributed by atoms with Crippen LogP contribution in [0.25, 0.3) is 15.9 Å². The molecule has 1 aliphatic rings. The topological polar surface area (TPSA) is 90.3 Å². The van der Waals surface area contributed by atoms with Gasteiger partial charge in [-0.1, -0.05) is 25.1 Å². The molecule has 2 aromatic heterocycles. The number of benzene rings is 1. The van der Waals surface area contributed by atoms with Gasteiger partial charge >= 0.3 is 5.69 Å². The molecule has 0 saturated heterocycles. The number of hydrogen-bond donors (Lipinski definition) is 1. The fourth-order valence-electron chi connectivity index (χ4n) is 3.63. The van der Waals surface area contributed by atoms with E-state index in [4.69, 9.17) is 5.73 Å². The monoisotopic (exact) mass is 384 g/mol. The summed E-state index contributed by atoms with van der Waals surface area (Å²) in [6, 6.07) is 8.78. The number of carbonyl (C=O) groups is 1. The van der Waals surface area contributed by atoms with E-state index in [2.05, 4.69) is 11.8 Å².